The zero-order valence-corrected chi connectivity index (χ0v) is 9.42. The third kappa shape index (κ3) is 2.51. The van der Waals surface area contributed by atoms with E-state index in [-0.39, 0.29) is 0 Å². The van der Waals surface area contributed by atoms with E-state index in [1.54, 1.807) is 0 Å². The van der Waals surface area contributed by atoms with Gasteiger partial charge in [-0.2, -0.15) is 0 Å². The molecule has 0 radical (unpaired) electrons. The molecule has 1 aromatic rings. The Morgan fingerprint density at radius 1 is 1.27 bits per heavy atom. The van der Waals surface area contributed by atoms with Crippen LogP contribution in [0.4, 0.5) is 5.69 Å². The number of nitrogens with two attached hydrogens (primary N) is 1. The fraction of sp³-hybridized carbons (Fsp3) is 0.538. The Labute approximate surface area is 91.9 Å². The third-order valence-electron chi connectivity index (χ3n) is 3.42. The van der Waals surface area contributed by atoms with Crippen LogP contribution in [0.2, 0.25) is 0 Å². The van der Waals surface area contributed by atoms with Crippen LogP contribution in [-0.4, -0.2) is 13.1 Å². The van der Waals surface area contributed by atoms with Gasteiger partial charge in [-0.15, -0.1) is 0 Å². The van der Waals surface area contributed by atoms with Crippen LogP contribution in [0.3, 0.4) is 0 Å². The molecule has 15 heavy (non-hydrogen) atoms. The van der Waals surface area contributed by atoms with Gasteiger partial charge >= 0.3 is 0 Å². The number of aryl methyl sites for hydroxylation is 1. The molecule has 2 nitrogen and oxygen atoms in total. The molecule has 0 aromatic heterocycles. The molecule has 2 heteroatoms. The third-order valence-corrected chi connectivity index (χ3v) is 3.42. The number of nitrogens with one attached hydrogen (secondary N) is 1. The topological polar surface area (TPSA) is 38.0 Å². The second kappa shape index (κ2) is 4.23. The summed E-state index contributed by atoms with van der Waals surface area (Å²) in [6.07, 6.45) is 3.67. The second-order valence-electron chi connectivity index (χ2n) is 4.61. The van der Waals surface area contributed by atoms with Gasteiger partial charge in [0, 0.05) is 12.2 Å². The van der Waals surface area contributed by atoms with Crippen molar-refractivity contribution in [2.75, 3.05) is 18.4 Å². The van der Waals surface area contributed by atoms with Crippen molar-refractivity contribution in [1.29, 1.82) is 0 Å². The van der Waals surface area contributed by atoms with Crippen LogP contribution in [0.1, 0.15) is 25.3 Å². The van der Waals surface area contributed by atoms with Gasteiger partial charge in [0.2, 0.25) is 0 Å². The zero-order chi connectivity index (χ0) is 10.7. The van der Waals surface area contributed by atoms with Gasteiger partial charge < -0.3 is 11.1 Å². The van der Waals surface area contributed by atoms with E-state index in [0.29, 0.717) is 5.41 Å². The fourth-order valence-corrected chi connectivity index (χ4v) is 1.78. The monoisotopic (exact) mass is 204 g/mol. The van der Waals surface area contributed by atoms with Crippen molar-refractivity contribution in [3.8, 4) is 0 Å². The predicted octanol–water partition coefficient (Wildman–Crippen LogP) is 2.40. The van der Waals surface area contributed by atoms with Crippen LogP contribution in [-0.2, 0) is 6.42 Å². The molecule has 0 aliphatic heterocycles. The van der Waals surface area contributed by atoms with Gasteiger partial charge in [0.15, 0.2) is 0 Å². The Morgan fingerprint density at radius 3 is 2.40 bits per heavy atom. The normalized spacial score (nSPS) is 17.5. The zero-order valence-electron chi connectivity index (χ0n) is 9.42. The Bertz CT molecular complexity index is 312. The van der Waals surface area contributed by atoms with Gasteiger partial charge in [0.25, 0.3) is 0 Å². The molecular weight excluding hydrogens is 184 g/mol. The highest BCUT2D eigenvalue weighted by Gasteiger charge is 2.40. The summed E-state index contributed by atoms with van der Waals surface area (Å²) in [7, 11) is 0. The minimum atomic E-state index is 0.406. The van der Waals surface area contributed by atoms with Crippen LogP contribution >= 0.6 is 0 Å². The van der Waals surface area contributed by atoms with Gasteiger partial charge in [-0.25, -0.2) is 0 Å². The summed E-state index contributed by atoms with van der Waals surface area (Å²) in [5, 5.41) is 3.47. The van der Waals surface area contributed by atoms with E-state index in [4.69, 9.17) is 5.73 Å². The standard InChI is InChI=1S/C13H20N2/c1-2-11-3-5-12(6-4-11)15-10-13(9-14)7-8-13/h3-6,15H,2,7-10,14H2,1H3. The minimum Gasteiger partial charge on any atom is -0.384 e. The smallest absolute Gasteiger partial charge is 0.0340 e. The number of anilines is 1. The molecule has 0 unspecified atom stereocenters. The van der Waals surface area contributed by atoms with Crippen molar-refractivity contribution in [2.45, 2.75) is 26.2 Å². The second-order valence-corrected chi connectivity index (χ2v) is 4.61. The molecule has 1 aliphatic rings. The molecule has 1 aliphatic carbocycles. The first-order chi connectivity index (χ1) is 7.28. The van der Waals surface area contributed by atoms with Gasteiger partial charge in [-0.3, -0.25) is 0 Å². The largest absolute Gasteiger partial charge is 0.384 e. The Hall–Kier alpha value is -1.02. The van der Waals surface area contributed by atoms with Crippen molar-refractivity contribution < 1.29 is 0 Å². The lowest BCUT2D eigenvalue weighted by atomic mass is 10.1. The number of rotatable bonds is 5. The highest BCUT2D eigenvalue weighted by molar-refractivity contribution is 5.45. The maximum absolute atomic E-state index is 5.74. The average Bonchev–Trinajstić information content (AvgIpc) is 3.08. The summed E-state index contributed by atoms with van der Waals surface area (Å²) in [4.78, 5) is 0. The first-order valence-corrected chi connectivity index (χ1v) is 5.81. The number of hydrogen-bond donors (Lipinski definition) is 2. The van der Waals surface area contributed by atoms with E-state index in [0.717, 1.165) is 19.5 Å². The molecule has 0 saturated heterocycles. The lowest BCUT2D eigenvalue weighted by Crippen LogP contribution is -2.24. The molecule has 82 valence electrons. The average molecular weight is 204 g/mol. The van der Waals surface area contributed by atoms with Crippen molar-refractivity contribution in [2.24, 2.45) is 11.1 Å². The summed E-state index contributed by atoms with van der Waals surface area (Å²) < 4.78 is 0. The Kier molecular flexibility index (Phi) is 2.96. The van der Waals surface area contributed by atoms with Crippen LogP contribution < -0.4 is 11.1 Å². The maximum Gasteiger partial charge on any atom is 0.0340 e. The van der Waals surface area contributed by atoms with Crippen LogP contribution in [0.25, 0.3) is 0 Å². The molecule has 3 N–H and O–H groups in total. The molecule has 1 fully saturated rings. The SMILES string of the molecule is CCc1ccc(NCC2(CN)CC2)cc1. The molecule has 0 spiro atoms. The van der Waals surface area contributed by atoms with Crippen molar-refractivity contribution in [1.82, 2.24) is 0 Å². The van der Waals surface area contributed by atoms with E-state index >= 15 is 0 Å². The molecule has 2 rings (SSSR count). The van der Waals surface area contributed by atoms with E-state index in [2.05, 4.69) is 36.5 Å². The predicted molar refractivity (Wildman–Crippen MR) is 65.0 cm³/mol. The molecule has 0 amide bonds. The molecular formula is C13H20N2. The lowest BCUT2D eigenvalue weighted by molar-refractivity contribution is 0.556. The quantitative estimate of drug-likeness (QED) is 0.773. The highest BCUT2D eigenvalue weighted by Crippen LogP contribution is 2.44. The summed E-state index contributed by atoms with van der Waals surface area (Å²) in [6.45, 7) is 4.01. The highest BCUT2D eigenvalue weighted by atomic mass is 14.9. The van der Waals surface area contributed by atoms with Gasteiger partial charge in [-0.05, 0) is 48.9 Å². The Morgan fingerprint density at radius 2 is 1.93 bits per heavy atom. The maximum atomic E-state index is 5.74. The fourth-order valence-electron chi connectivity index (χ4n) is 1.78. The molecule has 0 atom stereocenters. The first-order valence-electron chi connectivity index (χ1n) is 5.81. The van der Waals surface area contributed by atoms with Crippen molar-refractivity contribution >= 4 is 5.69 Å². The van der Waals surface area contributed by atoms with Gasteiger partial charge in [0.1, 0.15) is 0 Å². The molecule has 1 saturated carbocycles. The van der Waals surface area contributed by atoms with E-state index in [9.17, 15) is 0 Å². The van der Waals surface area contributed by atoms with Crippen molar-refractivity contribution in [3.05, 3.63) is 29.8 Å². The van der Waals surface area contributed by atoms with E-state index in [1.165, 1.54) is 24.1 Å². The minimum absolute atomic E-state index is 0.406. The number of benzene rings is 1. The summed E-state index contributed by atoms with van der Waals surface area (Å²) >= 11 is 0. The van der Waals surface area contributed by atoms with E-state index < -0.39 is 0 Å². The van der Waals surface area contributed by atoms with Crippen LogP contribution in [0.5, 0.6) is 0 Å². The Balaban J connectivity index is 1.88. The van der Waals surface area contributed by atoms with E-state index in [1.807, 2.05) is 0 Å². The molecule has 0 heterocycles. The van der Waals surface area contributed by atoms with Gasteiger partial charge in [0.05, 0.1) is 0 Å². The number of hydrogen-bond acceptors (Lipinski definition) is 2. The first kappa shape index (κ1) is 10.5. The summed E-state index contributed by atoms with van der Waals surface area (Å²) in [5.41, 5.74) is 8.75. The van der Waals surface area contributed by atoms with Crippen LogP contribution in [0.15, 0.2) is 24.3 Å². The molecule has 0 bridgehead atoms. The summed E-state index contributed by atoms with van der Waals surface area (Å²) in [6, 6.07) is 8.69. The molecule has 1 aromatic carbocycles. The lowest BCUT2D eigenvalue weighted by Gasteiger charge is -2.14. The van der Waals surface area contributed by atoms with Crippen LogP contribution in [0, 0.1) is 5.41 Å². The van der Waals surface area contributed by atoms with Gasteiger partial charge in [-0.1, -0.05) is 19.1 Å². The summed E-state index contributed by atoms with van der Waals surface area (Å²) in [5.74, 6) is 0. The van der Waals surface area contributed by atoms with Crippen molar-refractivity contribution in [3.63, 3.8) is 0 Å².